The van der Waals surface area contributed by atoms with Gasteiger partial charge >= 0.3 is 0 Å². The van der Waals surface area contributed by atoms with Crippen LogP contribution in [0.25, 0.3) is 109 Å². The van der Waals surface area contributed by atoms with Crippen molar-refractivity contribution in [2.75, 3.05) is 9.80 Å². The molecule has 2 heteroatoms. The molecule has 0 saturated heterocycles. The van der Waals surface area contributed by atoms with Gasteiger partial charge in [-0.1, -0.05) is 267 Å². The molecule has 0 amide bonds. The van der Waals surface area contributed by atoms with Crippen molar-refractivity contribution >= 4 is 98.8 Å². The van der Waals surface area contributed by atoms with Crippen LogP contribution in [0.5, 0.6) is 0 Å². The van der Waals surface area contributed by atoms with E-state index in [4.69, 9.17) is 0 Å². The molecule has 0 aromatic heterocycles. The average molecular weight is 1100 g/mol. The van der Waals surface area contributed by atoms with E-state index in [2.05, 4.69) is 362 Å². The van der Waals surface area contributed by atoms with E-state index in [0.29, 0.717) is 0 Å². The molecule has 0 heterocycles. The average Bonchev–Trinajstić information content (AvgIpc) is 0.836. The molecule has 0 radical (unpaired) electrons. The SMILES string of the molecule is c1ccc(-c2c3ccccc3c(-c3ccccc3)c3cc(N(c4ccccc4)c4ccccc4)ccc23)cc1.c1ccc(N(c2ccccc2)c2ccc3c(-c4ccc5ccccc5c4)c4ccccc4c(-c4ccc5ccccc5c4)c3c2)cc1. The first-order chi connectivity index (χ1) is 42.7. The Kier molecular flexibility index (Phi) is 13.7. The van der Waals surface area contributed by atoms with Crippen molar-refractivity contribution in [3.63, 3.8) is 0 Å². The fraction of sp³-hybridized carbons (Fsp3) is 0. The Morgan fingerprint density at radius 1 is 0.140 bits per heavy atom. The van der Waals surface area contributed by atoms with E-state index in [0.717, 1.165) is 34.1 Å². The molecule has 0 aliphatic heterocycles. The molecule has 0 saturated carbocycles. The third-order valence-electron chi connectivity index (χ3n) is 16.8. The Hall–Kier alpha value is -11.3. The fourth-order valence-corrected chi connectivity index (χ4v) is 13.0. The molecular weight excluding hydrogens is 1040 g/mol. The third-order valence-corrected chi connectivity index (χ3v) is 16.8. The summed E-state index contributed by atoms with van der Waals surface area (Å²) in [5.41, 5.74) is 16.7. The highest BCUT2D eigenvalue weighted by Crippen LogP contribution is 2.49. The molecular formula is C84H58N2. The summed E-state index contributed by atoms with van der Waals surface area (Å²) in [6, 6.07) is 127. The minimum atomic E-state index is 1.12. The second-order valence-electron chi connectivity index (χ2n) is 21.9. The number of fused-ring (bicyclic) bond motifs is 6. The molecule has 404 valence electrons. The number of hydrogen-bond acceptors (Lipinski definition) is 2. The molecule has 0 atom stereocenters. The summed E-state index contributed by atoms with van der Waals surface area (Å²) >= 11 is 0. The van der Waals surface area contributed by atoms with Crippen LogP contribution in [0, 0.1) is 0 Å². The lowest BCUT2D eigenvalue weighted by Crippen LogP contribution is -2.09. The molecule has 0 bridgehead atoms. The normalized spacial score (nSPS) is 11.3. The van der Waals surface area contributed by atoms with Crippen LogP contribution in [0.15, 0.2) is 352 Å². The molecule has 0 N–H and O–H groups in total. The van der Waals surface area contributed by atoms with Crippen LogP contribution in [-0.4, -0.2) is 0 Å². The number of benzene rings is 16. The fourth-order valence-electron chi connectivity index (χ4n) is 13.0. The minimum Gasteiger partial charge on any atom is -0.310 e. The number of anilines is 6. The first-order valence-electron chi connectivity index (χ1n) is 29.6. The lowest BCUT2D eigenvalue weighted by atomic mass is 9.85. The molecule has 2 nitrogen and oxygen atoms in total. The van der Waals surface area contributed by atoms with Crippen LogP contribution >= 0.6 is 0 Å². The number of nitrogens with zero attached hydrogens (tertiary/aromatic N) is 2. The van der Waals surface area contributed by atoms with E-state index in [-0.39, 0.29) is 0 Å². The molecule has 0 aliphatic rings. The lowest BCUT2D eigenvalue weighted by Gasteiger charge is -2.27. The zero-order valence-electron chi connectivity index (χ0n) is 47.4. The van der Waals surface area contributed by atoms with E-state index in [1.54, 1.807) is 0 Å². The minimum absolute atomic E-state index is 1.12. The van der Waals surface area contributed by atoms with Gasteiger partial charge in [0.05, 0.1) is 0 Å². The monoisotopic (exact) mass is 1090 g/mol. The quantitative estimate of drug-likeness (QED) is 0.126. The Bertz CT molecular complexity index is 5010. The van der Waals surface area contributed by atoms with Gasteiger partial charge in [0.1, 0.15) is 0 Å². The Balaban J connectivity index is 0.000000148. The summed E-state index contributed by atoms with van der Waals surface area (Å²) in [5, 5.41) is 15.0. The lowest BCUT2D eigenvalue weighted by molar-refractivity contribution is 1.29. The van der Waals surface area contributed by atoms with Gasteiger partial charge < -0.3 is 9.80 Å². The summed E-state index contributed by atoms with van der Waals surface area (Å²) in [5.74, 6) is 0. The molecule has 0 spiro atoms. The molecule has 86 heavy (non-hydrogen) atoms. The third kappa shape index (κ3) is 9.65. The van der Waals surface area contributed by atoms with E-state index < -0.39 is 0 Å². The van der Waals surface area contributed by atoms with Crippen LogP contribution in [-0.2, 0) is 0 Å². The van der Waals surface area contributed by atoms with Crippen molar-refractivity contribution in [3.8, 4) is 44.5 Å². The highest BCUT2D eigenvalue weighted by atomic mass is 15.1. The summed E-state index contributed by atoms with van der Waals surface area (Å²) in [6.07, 6.45) is 0. The second kappa shape index (κ2) is 22.8. The largest absolute Gasteiger partial charge is 0.310 e. The summed E-state index contributed by atoms with van der Waals surface area (Å²) in [6.45, 7) is 0. The van der Waals surface area contributed by atoms with Gasteiger partial charge in [-0.05, 0) is 194 Å². The van der Waals surface area contributed by atoms with Crippen molar-refractivity contribution in [2.45, 2.75) is 0 Å². The van der Waals surface area contributed by atoms with E-state index in [1.807, 2.05) is 0 Å². The maximum atomic E-state index is 2.40. The van der Waals surface area contributed by atoms with Crippen LogP contribution < -0.4 is 9.80 Å². The molecule has 16 rings (SSSR count). The number of rotatable bonds is 10. The standard InChI is InChI=1S/C46H31N.C38H27N/c1-3-17-38(18-4-1)47(39-19-5-2-6-20-39)40-27-28-43-44(31-40)46(37-26-24-33-14-8-10-16-35(33)30-37)42-22-12-11-21-41(42)45(43)36-25-23-32-13-7-9-15-34(32)29-36;1-5-15-28(16-6-1)37-33-23-13-14-24-34(33)38(29-17-7-2-8-18-29)36-27-32(25-26-35(36)37)39(30-19-9-3-10-20-30)31-21-11-4-12-22-31/h1-31H;1-27H. The van der Waals surface area contributed by atoms with Gasteiger partial charge in [0, 0.05) is 34.1 Å². The first kappa shape index (κ1) is 51.6. The Morgan fingerprint density at radius 3 is 0.744 bits per heavy atom. The van der Waals surface area contributed by atoms with Crippen molar-refractivity contribution < 1.29 is 0 Å². The van der Waals surface area contributed by atoms with Crippen LogP contribution in [0.3, 0.4) is 0 Å². The van der Waals surface area contributed by atoms with Gasteiger partial charge in [0.25, 0.3) is 0 Å². The summed E-state index contributed by atoms with van der Waals surface area (Å²) in [7, 11) is 0. The first-order valence-corrected chi connectivity index (χ1v) is 29.6. The van der Waals surface area contributed by atoms with E-state index in [1.165, 1.54) is 109 Å². The topological polar surface area (TPSA) is 6.48 Å². The molecule has 16 aromatic rings. The predicted octanol–water partition coefficient (Wildman–Crippen LogP) is 23.9. The van der Waals surface area contributed by atoms with Gasteiger partial charge in [0.2, 0.25) is 0 Å². The molecule has 0 unspecified atom stereocenters. The zero-order chi connectivity index (χ0) is 57.2. The molecule has 0 fully saturated rings. The summed E-state index contributed by atoms with van der Waals surface area (Å²) in [4.78, 5) is 4.69. The van der Waals surface area contributed by atoms with Gasteiger partial charge in [0.15, 0.2) is 0 Å². The van der Waals surface area contributed by atoms with Crippen LogP contribution in [0.2, 0.25) is 0 Å². The maximum Gasteiger partial charge on any atom is 0.0468 e. The molecule has 16 aromatic carbocycles. The number of para-hydroxylation sites is 4. The van der Waals surface area contributed by atoms with Crippen molar-refractivity contribution in [1.82, 2.24) is 0 Å². The van der Waals surface area contributed by atoms with Crippen LogP contribution in [0.4, 0.5) is 34.1 Å². The zero-order valence-corrected chi connectivity index (χ0v) is 47.4. The van der Waals surface area contributed by atoms with Gasteiger partial charge in [-0.15, -0.1) is 0 Å². The van der Waals surface area contributed by atoms with E-state index in [9.17, 15) is 0 Å². The van der Waals surface area contributed by atoms with Crippen molar-refractivity contribution in [2.24, 2.45) is 0 Å². The highest BCUT2D eigenvalue weighted by Gasteiger charge is 2.22. The van der Waals surface area contributed by atoms with Crippen molar-refractivity contribution in [3.05, 3.63) is 352 Å². The number of hydrogen-bond donors (Lipinski definition) is 0. The van der Waals surface area contributed by atoms with Crippen LogP contribution in [0.1, 0.15) is 0 Å². The Labute approximate surface area is 502 Å². The predicted molar refractivity (Wildman–Crippen MR) is 369 cm³/mol. The van der Waals surface area contributed by atoms with Crippen molar-refractivity contribution in [1.29, 1.82) is 0 Å². The van der Waals surface area contributed by atoms with Gasteiger partial charge in [-0.3, -0.25) is 0 Å². The maximum absolute atomic E-state index is 2.40. The summed E-state index contributed by atoms with van der Waals surface area (Å²) < 4.78 is 0. The second-order valence-corrected chi connectivity index (χ2v) is 21.9. The van der Waals surface area contributed by atoms with E-state index >= 15 is 0 Å². The molecule has 0 aliphatic carbocycles. The van der Waals surface area contributed by atoms with Gasteiger partial charge in [-0.2, -0.15) is 0 Å². The smallest absolute Gasteiger partial charge is 0.0468 e. The van der Waals surface area contributed by atoms with Gasteiger partial charge in [-0.25, -0.2) is 0 Å². The Morgan fingerprint density at radius 2 is 0.395 bits per heavy atom. The highest BCUT2D eigenvalue weighted by molar-refractivity contribution is 6.24.